The monoisotopic (exact) mass is 295 g/mol. The summed E-state index contributed by atoms with van der Waals surface area (Å²) in [5.74, 6) is 0. The van der Waals surface area contributed by atoms with E-state index in [9.17, 15) is 0 Å². The van der Waals surface area contributed by atoms with Gasteiger partial charge in [-0.15, -0.1) is 0 Å². The number of halogens is 3. The summed E-state index contributed by atoms with van der Waals surface area (Å²) in [7, 11) is 0. The van der Waals surface area contributed by atoms with Gasteiger partial charge < -0.3 is 10.4 Å². The number of benzene rings is 1. The topological polar surface area (TPSA) is 32.3 Å². The van der Waals surface area contributed by atoms with Crippen LogP contribution < -0.4 is 5.32 Å². The Labute approximate surface area is 117 Å². The maximum absolute atomic E-state index is 9.15. The van der Waals surface area contributed by atoms with Crippen molar-refractivity contribution in [3.05, 3.63) is 32.8 Å². The van der Waals surface area contributed by atoms with E-state index in [-0.39, 0.29) is 18.7 Å². The quantitative estimate of drug-likeness (QED) is 0.803. The van der Waals surface area contributed by atoms with Crippen LogP contribution in [0.4, 0.5) is 0 Å². The molecule has 0 aromatic heterocycles. The molecule has 2 atom stereocenters. The van der Waals surface area contributed by atoms with Gasteiger partial charge in [0.2, 0.25) is 0 Å². The maximum atomic E-state index is 9.15. The molecule has 2 N–H and O–H groups in total. The fourth-order valence-corrected chi connectivity index (χ4v) is 2.32. The van der Waals surface area contributed by atoms with Crippen LogP contribution in [0.1, 0.15) is 31.9 Å². The van der Waals surface area contributed by atoms with Crippen molar-refractivity contribution < 1.29 is 5.11 Å². The molecule has 1 aromatic carbocycles. The molecule has 0 fully saturated rings. The summed E-state index contributed by atoms with van der Waals surface area (Å²) in [6.45, 7) is 4.08. The van der Waals surface area contributed by atoms with E-state index >= 15 is 0 Å². The van der Waals surface area contributed by atoms with E-state index in [0.29, 0.717) is 15.1 Å². The molecule has 96 valence electrons. The molecular weight excluding hydrogens is 280 g/mol. The molecule has 0 spiro atoms. The van der Waals surface area contributed by atoms with E-state index in [0.717, 1.165) is 12.0 Å². The predicted molar refractivity (Wildman–Crippen MR) is 74.2 cm³/mol. The standard InChI is InChI=1S/C12H16Cl3NO/c1-3-8(6-17)16-7(2)9-4-5-10(13)12(15)11(9)14/h4-5,7-8,16-17H,3,6H2,1-2H3/t7?,8-/m0/s1. The first-order chi connectivity index (χ1) is 8.01. The lowest BCUT2D eigenvalue weighted by Crippen LogP contribution is -2.34. The van der Waals surface area contributed by atoms with Gasteiger partial charge in [0, 0.05) is 12.1 Å². The van der Waals surface area contributed by atoms with Crippen LogP contribution in [0.15, 0.2) is 12.1 Å². The molecule has 5 heteroatoms. The van der Waals surface area contributed by atoms with Crippen molar-refractivity contribution in [3.63, 3.8) is 0 Å². The number of aliphatic hydroxyl groups excluding tert-OH is 1. The van der Waals surface area contributed by atoms with Gasteiger partial charge in [-0.25, -0.2) is 0 Å². The van der Waals surface area contributed by atoms with Crippen LogP contribution in [0.5, 0.6) is 0 Å². The highest BCUT2D eigenvalue weighted by atomic mass is 35.5. The van der Waals surface area contributed by atoms with Gasteiger partial charge in [0.25, 0.3) is 0 Å². The zero-order valence-corrected chi connectivity index (χ0v) is 12.1. The Hall–Kier alpha value is 0.01000. The SMILES string of the molecule is CC[C@@H](CO)NC(C)c1ccc(Cl)c(Cl)c1Cl. The Balaban J connectivity index is 2.89. The molecule has 0 aliphatic rings. The molecule has 0 amide bonds. The zero-order valence-electron chi connectivity index (χ0n) is 9.80. The summed E-state index contributed by atoms with van der Waals surface area (Å²) in [5, 5.41) is 13.7. The Bertz CT molecular complexity index is 380. The van der Waals surface area contributed by atoms with Crippen molar-refractivity contribution in [2.45, 2.75) is 32.4 Å². The second-order valence-corrected chi connectivity index (χ2v) is 5.10. The van der Waals surface area contributed by atoms with Crippen molar-refractivity contribution in [2.24, 2.45) is 0 Å². The van der Waals surface area contributed by atoms with Gasteiger partial charge in [0.05, 0.1) is 21.7 Å². The van der Waals surface area contributed by atoms with E-state index < -0.39 is 0 Å². The zero-order chi connectivity index (χ0) is 13.0. The predicted octanol–water partition coefficient (Wildman–Crippen LogP) is 4.07. The molecule has 1 aromatic rings. The van der Waals surface area contributed by atoms with E-state index in [1.54, 1.807) is 6.07 Å². The molecule has 0 bridgehead atoms. The smallest absolute Gasteiger partial charge is 0.0781 e. The first-order valence-electron chi connectivity index (χ1n) is 5.51. The second kappa shape index (κ2) is 6.81. The van der Waals surface area contributed by atoms with Crippen LogP contribution in [0, 0.1) is 0 Å². The summed E-state index contributed by atoms with van der Waals surface area (Å²) in [5.41, 5.74) is 0.882. The summed E-state index contributed by atoms with van der Waals surface area (Å²) in [6, 6.07) is 3.63. The highest BCUT2D eigenvalue weighted by molar-refractivity contribution is 6.48. The number of nitrogens with one attached hydrogen (secondary N) is 1. The lowest BCUT2D eigenvalue weighted by molar-refractivity contribution is 0.230. The summed E-state index contributed by atoms with van der Waals surface area (Å²) in [6.07, 6.45) is 0.847. The molecular formula is C12H16Cl3NO. The molecule has 17 heavy (non-hydrogen) atoms. The van der Waals surface area contributed by atoms with Gasteiger partial charge in [-0.05, 0) is 25.0 Å². The van der Waals surface area contributed by atoms with Gasteiger partial charge in [0.15, 0.2) is 0 Å². The average molecular weight is 297 g/mol. The summed E-state index contributed by atoms with van der Waals surface area (Å²) in [4.78, 5) is 0. The fourth-order valence-electron chi connectivity index (χ4n) is 1.62. The molecule has 0 heterocycles. The van der Waals surface area contributed by atoms with Gasteiger partial charge in [-0.1, -0.05) is 47.8 Å². The lowest BCUT2D eigenvalue weighted by Gasteiger charge is -2.22. The van der Waals surface area contributed by atoms with E-state index in [1.807, 2.05) is 19.9 Å². The van der Waals surface area contributed by atoms with Crippen LogP contribution in [0.2, 0.25) is 15.1 Å². The Kier molecular flexibility index (Phi) is 6.04. The first kappa shape index (κ1) is 15.1. The van der Waals surface area contributed by atoms with Gasteiger partial charge >= 0.3 is 0 Å². The van der Waals surface area contributed by atoms with E-state index in [2.05, 4.69) is 5.32 Å². The van der Waals surface area contributed by atoms with Crippen LogP contribution in [-0.4, -0.2) is 17.8 Å². The Morgan fingerprint density at radius 1 is 1.24 bits per heavy atom. The number of rotatable bonds is 5. The molecule has 1 rings (SSSR count). The van der Waals surface area contributed by atoms with Crippen LogP contribution in [-0.2, 0) is 0 Å². The Morgan fingerprint density at radius 3 is 2.41 bits per heavy atom. The Morgan fingerprint density at radius 2 is 1.88 bits per heavy atom. The number of hydrogen-bond acceptors (Lipinski definition) is 2. The van der Waals surface area contributed by atoms with Gasteiger partial charge in [0.1, 0.15) is 0 Å². The van der Waals surface area contributed by atoms with Crippen molar-refractivity contribution in [1.29, 1.82) is 0 Å². The second-order valence-electron chi connectivity index (χ2n) is 3.94. The highest BCUT2D eigenvalue weighted by Gasteiger charge is 2.16. The summed E-state index contributed by atoms with van der Waals surface area (Å²) >= 11 is 18.0. The molecule has 0 saturated carbocycles. The minimum atomic E-state index is 0.00867. The molecule has 0 aliphatic carbocycles. The normalized spacial score (nSPS) is 14.7. The third-order valence-corrected chi connectivity index (χ3v) is 4.04. The third kappa shape index (κ3) is 3.73. The van der Waals surface area contributed by atoms with Crippen molar-refractivity contribution >= 4 is 34.8 Å². The molecule has 1 unspecified atom stereocenters. The lowest BCUT2D eigenvalue weighted by atomic mass is 10.1. The van der Waals surface area contributed by atoms with Crippen LogP contribution in [0.25, 0.3) is 0 Å². The highest BCUT2D eigenvalue weighted by Crippen LogP contribution is 2.35. The third-order valence-electron chi connectivity index (χ3n) is 2.73. The molecule has 0 aliphatic heterocycles. The van der Waals surface area contributed by atoms with Gasteiger partial charge in [-0.3, -0.25) is 0 Å². The number of aliphatic hydroxyl groups is 1. The van der Waals surface area contributed by atoms with Crippen molar-refractivity contribution in [2.75, 3.05) is 6.61 Å². The molecule has 0 radical (unpaired) electrons. The number of hydrogen-bond donors (Lipinski definition) is 2. The van der Waals surface area contributed by atoms with E-state index in [1.165, 1.54) is 0 Å². The molecule has 2 nitrogen and oxygen atoms in total. The maximum Gasteiger partial charge on any atom is 0.0781 e. The largest absolute Gasteiger partial charge is 0.395 e. The molecule has 0 saturated heterocycles. The minimum absolute atomic E-state index is 0.00867. The fraction of sp³-hybridized carbons (Fsp3) is 0.500. The summed E-state index contributed by atoms with van der Waals surface area (Å²) < 4.78 is 0. The first-order valence-corrected chi connectivity index (χ1v) is 6.64. The van der Waals surface area contributed by atoms with E-state index in [4.69, 9.17) is 39.9 Å². The van der Waals surface area contributed by atoms with Crippen LogP contribution >= 0.6 is 34.8 Å². The van der Waals surface area contributed by atoms with Gasteiger partial charge in [-0.2, -0.15) is 0 Å². The average Bonchev–Trinajstić information content (AvgIpc) is 2.32. The van der Waals surface area contributed by atoms with Crippen molar-refractivity contribution in [3.8, 4) is 0 Å². The minimum Gasteiger partial charge on any atom is -0.395 e. The van der Waals surface area contributed by atoms with Crippen molar-refractivity contribution in [1.82, 2.24) is 5.32 Å². The van der Waals surface area contributed by atoms with Crippen LogP contribution in [0.3, 0.4) is 0 Å².